The fraction of sp³-hybridized carbons (Fsp3) is 0.784. The predicted octanol–water partition coefficient (Wildman–Crippen LogP) is 3.54. The minimum atomic E-state index is -2.46. The van der Waals surface area contributed by atoms with Crippen molar-refractivity contribution in [1.82, 2.24) is 0 Å². The lowest BCUT2D eigenvalue weighted by atomic mass is 9.77. The summed E-state index contributed by atoms with van der Waals surface area (Å²) in [5.41, 5.74) is -4.80. The Morgan fingerprint density at radius 1 is 0.731 bits per heavy atom. The summed E-state index contributed by atoms with van der Waals surface area (Å²) in [6.07, 6.45) is -5.32. The molecule has 15 heteroatoms. The van der Waals surface area contributed by atoms with Crippen molar-refractivity contribution in [3.05, 3.63) is 11.8 Å². The molecule has 0 aromatic heterocycles. The molecule has 0 spiro atoms. The van der Waals surface area contributed by atoms with E-state index in [1.807, 2.05) is 27.7 Å². The second kappa shape index (κ2) is 18.9. The van der Waals surface area contributed by atoms with E-state index in [0.29, 0.717) is 0 Å². The zero-order valence-corrected chi connectivity index (χ0v) is 32.3. The van der Waals surface area contributed by atoms with Gasteiger partial charge in [0.25, 0.3) is 6.29 Å². The van der Waals surface area contributed by atoms with Crippen molar-refractivity contribution in [2.45, 2.75) is 138 Å². The molecule has 4 unspecified atom stereocenters. The zero-order chi connectivity index (χ0) is 39.7. The fourth-order valence-corrected chi connectivity index (χ4v) is 6.07. The van der Waals surface area contributed by atoms with Crippen molar-refractivity contribution in [2.75, 3.05) is 13.2 Å². The van der Waals surface area contributed by atoms with Gasteiger partial charge in [-0.05, 0) is 17.8 Å². The molecule has 1 fully saturated rings. The van der Waals surface area contributed by atoms with E-state index in [1.165, 1.54) is 0 Å². The van der Waals surface area contributed by atoms with Crippen molar-refractivity contribution in [3.63, 3.8) is 0 Å². The van der Waals surface area contributed by atoms with E-state index < -0.39 is 109 Å². The Labute approximate surface area is 306 Å². The molecule has 0 aromatic carbocycles. The number of hydrogen-bond donors (Lipinski definition) is 2. The predicted molar refractivity (Wildman–Crippen MR) is 182 cm³/mol. The Morgan fingerprint density at radius 3 is 1.63 bits per heavy atom. The second-order valence-corrected chi connectivity index (χ2v) is 15.7. The number of fused-ring (bicyclic) bond motifs is 1. The number of carbonyl (C=O) groups excluding carboxylic acids is 6. The van der Waals surface area contributed by atoms with Crippen LogP contribution in [0.15, 0.2) is 11.8 Å². The highest BCUT2D eigenvalue weighted by atomic mass is 16.7. The van der Waals surface area contributed by atoms with Gasteiger partial charge in [0.1, 0.15) is 36.4 Å². The highest BCUT2D eigenvalue weighted by Crippen LogP contribution is 2.53. The minimum Gasteiger partial charge on any atom is -0.462 e. The molecular formula is C37H58O15. The van der Waals surface area contributed by atoms with Crippen molar-refractivity contribution >= 4 is 35.8 Å². The van der Waals surface area contributed by atoms with Gasteiger partial charge in [-0.3, -0.25) is 19.2 Å². The average Bonchev–Trinajstić information content (AvgIpc) is 3.21. The van der Waals surface area contributed by atoms with E-state index in [-0.39, 0.29) is 42.6 Å². The van der Waals surface area contributed by atoms with Gasteiger partial charge in [0.05, 0.1) is 6.26 Å². The maximum Gasteiger partial charge on any atom is 0.348 e. The lowest BCUT2D eigenvalue weighted by Gasteiger charge is -2.44. The lowest BCUT2D eigenvalue weighted by molar-refractivity contribution is -0.242. The van der Waals surface area contributed by atoms with Crippen LogP contribution >= 0.6 is 0 Å². The van der Waals surface area contributed by atoms with Crippen LogP contribution in [0.4, 0.5) is 0 Å². The van der Waals surface area contributed by atoms with Crippen LogP contribution in [0.2, 0.25) is 0 Å². The Balaban J connectivity index is 2.50. The van der Waals surface area contributed by atoms with Crippen LogP contribution in [0.5, 0.6) is 0 Å². The first-order valence-electron chi connectivity index (χ1n) is 17.9. The number of aliphatic hydroxyl groups is 2. The normalized spacial score (nSPS) is 25.2. The summed E-state index contributed by atoms with van der Waals surface area (Å²) in [7, 11) is 0. The molecule has 7 atom stereocenters. The van der Waals surface area contributed by atoms with Crippen molar-refractivity contribution < 1.29 is 72.1 Å². The van der Waals surface area contributed by atoms with E-state index in [1.54, 1.807) is 41.5 Å². The van der Waals surface area contributed by atoms with Gasteiger partial charge in [0, 0.05) is 50.0 Å². The molecule has 2 rings (SSSR count). The number of esters is 6. The maximum atomic E-state index is 13.3. The van der Waals surface area contributed by atoms with Gasteiger partial charge >= 0.3 is 35.8 Å². The summed E-state index contributed by atoms with van der Waals surface area (Å²) in [5.74, 6) is -7.61. The molecule has 2 aliphatic rings. The highest BCUT2D eigenvalue weighted by molar-refractivity contribution is 5.80. The maximum absolute atomic E-state index is 13.3. The van der Waals surface area contributed by atoms with Gasteiger partial charge in [-0.15, -0.1) is 0 Å². The third-order valence-corrected chi connectivity index (χ3v) is 8.57. The van der Waals surface area contributed by atoms with Gasteiger partial charge < -0.3 is 43.4 Å². The van der Waals surface area contributed by atoms with Crippen LogP contribution < -0.4 is 0 Å². The van der Waals surface area contributed by atoms with Crippen molar-refractivity contribution in [3.8, 4) is 0 Å². The molecule has 15 nitrogen and oxygen atoms in total. The molecule has 0 aromatic rings. The van der Waals surface area contributed by atoms with Crippen LogP contribution in [-0.2, 0) is 61.9 Å². The molecule has 0 saturated heterocycles. The highest BCUT2D eigenvalue weighted by Gasteiger charge is 2.70. The molecule has 2 N–H and O–H groups in total. The molecule has 1 saturated carbocycles. The third kappa shape index (κ3) is 11.9. The Hall–Kier alpha value is -3.72. The minimum absolute atomic E-state index is 0.0173. The Kier molecular flexibility index (Phi) is 16.1. The summed E-state index contributed by atoms with van der Waals surface area (Å²) in [5, 5.41) is 24.7. The Bertz CT molecular complexity index is 1320. The zero-order valence-electron chi connectivity index (χ0n) is 32.3. The molecule has 0 radical (unpaired) electrons. The van der Waals surface area contributed by atoms with E-state index in [0.717, 1.165) is 13.2 Å². The van der Waals surface area contributed by atoms with E-state index in [4.69, 9.17) is 33.2 Å². The first kappa shape index (κ1) is 44.4. The molecule has 1 aliphatic carbocycles. The summed E-state index contributed by atoms with van der Waals surface area (Å²) < 4.78 is 38.6. The number of rotatable bonds is 18. The fourth-order valence-electron chi connectivity index (χ4n) is 6.07. The number of ether oxygens (including phenoxy) is 7. The lowest BCUT2D eigenvalue weighted by Crippen LogP contribution is -2.60. The Morgan fingerprint density at radius 2 is 1.19 bits per heavy atom. The van der Waals surface area contributed by atoms with Gasteiger partial charge in [-0.1, -0.05) is 69.2 Å². The SMILES string of the molecule is CC(=O)OC1C[C@]2(O)C(COC(=O)C(OC(=O)CC(C)C)C(C)C)=COC(OC(=O)CC(C)C)[C@@H]2[C@@]1(O)COC(=O)C(OC(=O)CC(C)C)C(C)C. The monoisotopic (exact) mass is 742 g/mol. The summed E-state index contributed by atoms with van der Waals surface area (Å²) in [6, 6.07) is 0. The molecule has 1 heterocycles. The molecule has 1 aliphatic heterocycles. The smallest absolute Gasteiger partial charge is 0.348 e. The first-order valence-corrected chi connectivity index (χ1v) is 17.9. The van der Waals surface area contributed by atoms with Crippen molar-refractivity contribution in [2.24, 2.45) is 35.5 Å². The van der Waals surface area contributed by atoms with Crippen LogP contribution in [0.3, 0.4) is 0 Å². The molecule has 296 valence electrons. The molecule has 52 heavy (non-hydrogen) atoms. The summed E-state index contributed by atoms with van der Waals surface area (Å²) >= 11 is 0. The number of hydrogen-bond acceptors (Lipinski definition) is 15. The average molecular weight is 743 g/mol. The van der Waals surface area contributed by atoms with Gasteiger partial charge in [0.2, 0.25) is 12.2 Å². The molecule has 0 bridgehead atoms. The van der Waals surface area contributed by atoms with E-state index in [9.17, 15) is 39.0 Å². The molecular weight excluding hydrogens is 684 g/mol. The van der Waals surface area contributed by atoms with E-state index in [2.05, 4.69) is 0 Å². The quantitative estimate of drug-likeness (QED) is 0.152. The molecule has 0 amide bonds. The van der Waals surface area contributed by atoms with Gasteiger partial charge in [-0.2, -0.15) is 0 Å². The first-order chi connectivity index (χ1) is 24.0. The summed E-state index contributed by atoms with van der Waals surface area (Å²) in [6.45, 7) is 16.9. The van der Waals surface area contributed by atoms with Crippen LogP contribution in [0.25, 0.3) is 0 Å². The van der Waals surface area contributed by atoms with Gasteiger partial charge in [-0.25, -0.2) is 9.59 Å². The standard InChI is InChI=1S/C37H58O15/c1-19(2)12-27(39)50-30(22(7)8)33(42)46-16-25-17-47-35(52-29(41)14-21(5)6)32-36(25,44)15-26(49-24(11)38)37(32,45)18-48-34(43)31(23(9)10)51-28(40)13-20(3)4/h17,19-23,26,30-32,35,44-45H,12-16,18H2,1-11H3/t26?,30?,31?,32-,35?,36-,37+/m0/s1. The largest absolute Gasteiger partial charge is 0.462 e. The van der Waals surface area contributed by atoms with Gasteiger partial charge in [0.15, 0.2) is 0 Å². The van der Waals surface area contributed by atoms with Crippen LogP contribution in [0, 0.1) is 35.5 Å². The second-order valence-electron chi connectivity index (χ2n) is 15.7. The summed E-state index contributed by atoms with van der Waals surface area (Å²) in [4.78, 5) is 76.5. The third-order valence-electron chi connectivity index (χ3n) is 8.57. The van der Waals surface area contributed by atoms with Crippen LogP contribution in [-0.4, -0.2) is 95.0 Å². The van der Waals surface area contributed by atoms with Crippen molar-refractivity contribution in [1.29, 1.82) is 0 Å². The van der Waals surface area contributed by atoms with Crippen LogP contribution in [0.1, 0.15) is 102 Å². The topological polar surface area (TPSA) is 207 Å². The number of carbonyl (C=O) groups is 6. The van der Waals surface area contributed by atoms with E-state index >= 15 is 0 Å².